The van der Waals surface area contributed by atoms with Gasteiger partial charge in [-0.3, -0.25) is 4.98 Å². The van der Waals surface area contributed by atoms with Gasteiger partial charge < -0.3 is 20.3 Å². The number of rotatable bonds is 5. The van der Waals surface area contributed by atoms with Gasteiger partial charge in [0.1, 0.15) is 12.4 Å². The average molecular weight is 228 g/mol. The Morgan fingerprint density at radius 2 is 2.12 bits per heavy atom. The van der Waals surface area contributed by atoms with Crippen molar-refractivity contribution < 1.29 is 14.9 Å². The lowest BCUT2D eigenvalue weighted by molar-refractivity contribution is 0.274. The van der Waals surface area contributed by atoms with Gasteiger partial charge in [-0.05, 0) is 25.6 Å². The van der Waals surface area contributed by atoms with E-state index in [1.54, 1.807) is 6.20 Å². The van der Waals surface area contributed by atoms with Crippen molar-refractivity contribution in [2.24, 2.45) is 0 Å². The Hall–Kier alpha value is -1.17. The molecule has 1 rings (SSSR count). The van der Waals surface area contributed by atoms with Gasteiger partial charge in [0.05, 0.1) is 18.5 Å². The molecule has 0 spiro atoms. The monoisotopic (exact) mass is 228 g/mol. The number of ether oxygens (including phenoxy) is 1. The van der Waals surface area contributed by atoms with Gasteiger partial charge in [0.15, 0.2) is 0 Å². The molecule has 1 aromatic rings. The van der Waals surface area contributed by atoms with Crippen LogP contribution in [0, 0.1) is 6.92 Å². The van der Waals surface area contributed by atoms with Gasteiger partial charge in [0, 0.05) is 13.7 Å². The van der Waals surface area contributed by atoms with Crippen LogP contribution in [0.1, 0.15) is 11.3 Å². The van der Waals surface area contributed by atoms with Crippen LogP contribution in [0.5, 0.6) is 5.75 Å². The van der Waals surface area contributed by atoms with Crippen LogP contribution in [-0.4, -0.2) is 42.5 Å². The third-order valence-electron chi connectivity index (χ3n) is 1.93. The van der Waals surface area contributed by atoms with E-state index in [4.69, 9.17) is 14.9 Å². The zero-order chi connectivity index (χ0) is 12.4. The number of nitrogens with zero attached hydrogens (tertiary/aromatic N) is 1. The highest BCUT2D eigenvalue weighted by Gasteiger charge is 2.00. The molecule has 16 heavy (non-hydrogen) atoms. The highest BCUT2D eigenvalue weighted by Crippen LogP contribution is 2.13. The van der Waals surface area contributed by atoms with Gasteiger partial charge in [-0.15, -0.1) is 0 Å². The number of aliphatic hydroxyl groups excluding tert-OH is 2. The van der Waals surface area contributed by atoms with Crippen LogP contribution in [0.3, 0.4) is 0 Å². The molecule has 0 saturated carbocycles. The van der Waals surface area contributed by atoms with E-state index in [1.807, 2.05) is 20.0 Å². The van der Waals surface area contributed by atoms with Gasteiger partial charge >= 0.3 is 0 Å². The van der Waals surface area contributed by atoms with E-state index in [9.17, 15) is 0 Å². The molecule has 3 N–H and O–H groups in total. The fourth-order valence-corrected chi connectivity index (χ4v) is 1.09. The minimum absolute atomic E-state index is 0.0252. The molecule has 0 fully saturated rings. The third kappa shape index (κ3) is 5.06. The first kappa shape index (κ1) is 14.8. The second kappa shape index (κ2) is 9.08. The van der Waals surface area contributed by atoms with Crippen molar-refractivity contribution in [3.05, 3.63) is 23.5 Å². The first-order valence-corrected chi connectivity index (χ1v) is 5.06. The summed E-state index contributed by atoms with van der Waals surface area (Å²) >= 11 is 0. The Morgan fingerprint density at radius 3 is 2.62 bits per heavy atom. The first-order valence-electron chi connectivity index (χ1n) is 5.06. The van der Waals surface area contributed by atoms with Crippen molar-refractivity contribution in [3.8, 4) is 5.75 Å². The SMILES string of the molecule is CNCCOc1cnc(CO)c(C)c1.CO. The van der Waals surface area contributed by atoms with Crippen molar-refractivity contribution in [2.45, 2.75) is 13.5 Å². The number of hydrogen-bond acceptors (Lipinski definition) is 5. The molecule has 0 radical (unpaired) electrons. The molecule has 0 unspecified atom stereocenters. The highest BCUT2D eigenvalue weighted by atomic mass is 16.5. The zero-order valence-corrected chi connectivity index (χ0v) is 10.0. The molecule has 0 aliphatic heterocycles. The zero-order valence-electron chi connectivity index (χ0n) is 10.0. The molecular weight excluding hydrogens is 208 g/mol. The number of hydrogen-bond donors (Lipinski definition) is 3. The van der Waals surface area contributed by atoms with Gasteiger partial charge in [-0.2, -0.15) is 0 Å². The molecule has 0 aliphatic rings. The Labute approximate surface area is 96.1 Å². The Morgan fingerprint density at radius 1 is 1.44 bits per heavy atom. The van der Waals surface area contributed by atoms with Gasteiger partial charge in [-0.1, -0.05) is 0 Å². The summed E-state index contributed by atoms with van der Waals surface area (Å²) < 4.78 is 5.42. The lowest BCUT2D eigenvalue weighted by Gasteiger charge is -2.07. The minimum Gasteiger partial charge on any atom is -0.491 e. The molecule has 0 aromatic carbocycles. The second-order valence-corrected chi connectivity index (χ2v) is 3.04. The van der Waals surface area contributed by atoms with E-state index in [-0.39, 0.29) is 6.61 Å². The van der Waals surface area contributed by atoms with E-state index < -0.39 is 0 Å². The van der Waals surface area contributed by atoms with Crippen molar-refractivity contribution in [3.63, 3.8) is 0 Å². The van der Waals surface area contributed by atoms with Gasteiger partial charge in [-0.25, -0.2) is 0 Å². The minimum atomic E-state index is -0.0252. The molecular formula is C11H20N2O3. The van der Waals surface area contributed by atoms with E-state index in [0.29, 0.717) is 12.3 Å². The molecule has 92 valence electrons. The number of nitrogens with one attached hydrogen (secondary N) is 1. The van der Waals surface area contributed by atoms with Gasteiger partial charge in [0.25, 0.3) is 0 Å². The Balaban J connectivity index is 0.00000106. The molecule has 0 bridgehead atoms. The average Bonchev–Trinajstić information content (AvgIpc) is 2.32. The molecule has 5 nitrogen and oxygen atoms in total. The van der Waals surface area contributed by atoms with Crippen molar-refractivity contribution in [1.29, 1.82) is 0 Å². The normalized spacial score (nSPS) is 9.31. The smallest absolute Gasteiger partial charge is 0.137 e. The lowest BCUT2D eigenvalue weighted by atomic mass is 10.2. The lowest BCUT2D eigenvalue weighted by Crippen LogP contribution is -2.16. The molecule has 0 amide bonds. The Bertz CT molecular complexity index is 293. The summed E-state index contributed by atoms with van der Waals surface area (Å²) in [6.45, 7) is 3.31. The number of likely N-dealkylation sites (N-methyl/N-ethyl adjacent to an activating group) is 1. The van der Waals surface area contributed by atoms with Crippen LogP contribution in [0.15, 0.2) is 12.3 Å². The third-order valence-corrected chi connectivity index (χ3v) is 1.93. The predicted octanol–water partition coefficient (Wildman–Crippen LogP) is 0.0890. The Kier molecular flexibility index (Phi) is 8.42. The molecule has 5 heteroatoms. The van der Waals surface area contributed by atoms with Crippen LogP contribution in [0.2, 0.25) is 0 Å². The summed E-state index contributed by atoms with van der Waals surface area (Å²) in [5.41, 5.74) is 1.65. The number of pyridine rings is 1. The van der Waals surface area contributed by atoms with Gasteiger partial charge in [0.2, 0.25) is 0 Å². The van der Waals surface area contributed by atoms with Crippen LogP contribution in [0.4, 0.5) is 0 Å². The van der Waals surface area contributed by atoms with Crippen LogP contribution in [0.25, 0.3) is 0 Å². The first-order chi connectivity index (χ1) is 7.77. The quantitative estimate of drug-likeness (QED) is 0.623. The fraction of sp³-hybridized carbons (Fsp3) is 0.545. The highest BCUT2D eigenvalue weighted by molar-refractivity contribution is 5.27. The van der Waals surface area contributed by atoms with E-state index in [2.05, 4.69) is 10.3 Å². The topological polar surface area (TPSA) is 74.6 Å². The molecule has 1 heterocycles. The maximum atomic E-state index is 8.91. The summed E-state index contributed by atoms with van der Waals surface area (Å²) in [6.07, 6.45) is 1.63. The largest absolute Gasteiger partial charge is 0.491 e. The summed E-state index contributed by atoms with van der Waals surface area (Å²) in [6, 6.07) is 1.88. The number of aliphatic hydroxyl groups is 2. The van der Waals surface area contributed by atoms with Crippen LogP contribution in [-0.2, 0) is 6.61 Å². The molecule has 0 atom stereocenters. The predicted molar refractivity (Wildman–Crippen MR) is 62.5 cm³/mol. The summed E-state index contributed by atoms with van der Waals surface area (Å²) in [4.78, 5) is 4.08. The molecule has 0 saturated heterocycles. The molecule has 1 aromatic heterocycles. The number of aryl methyl sites for hydroxylation is 1. The van der Waals surface area contributed by atoms with Crippen LogP contribution >= 0.6 is 0 Å². The summed E-state index contributed by atoms with van der Waals surface area (Å²) in [5.74, 6) is 0.745. The van der Waals surface area contributed by atoms with Crippen LogP contribution < -0.4 is 10.1 Å². The standard InChI is InChI=1S/C10H16N2O2.CH4O/c1-8-5-9(14-4-3-11-2)6-12-10(8)7-13;1-2/h5-6,11,13H,3-4,7H2,1-2H3;2H,1H3. The van der Waals surface area contributed by atoms with E-state index in [1.165, 1.54) is 0 Å². The number of aromatic nitrogens is 1. The maximum absolute atomic E-state index is 8.91. The summed E-state index contributed by atoms with van der Waals surface area (Å²) in [5, 5.41) is 18.9. The van der Waals surface area contributed by atoms with Crippen molar-refractivity contribution in [2.75, 3.05) is 27.3 Å². The second-order valence-electron chi connectivity index (χ2n) is 3.04. The van der Waals surface area contributed by atoms with Crippen molar-refractivity contribution in [1.82, 2.24) is 10.3 Å². The summed E-state index contributed by atoms with van der Waals surface area (Å²) in [7, 11) is 2.88. The fourth-order valence-electron chi connectivity index (χ4n) is 1.09. The maximum Gasteiger partial charge on any atom is 0.137 e. The molecule has 0 aliphatic carbocycles. The van der Waals surface area contributed by atoms with Crippen molar-refractivity contribution >= 4 is 0 Å². The van der Waals surface area contributed by atoms with E-state index >= 15 is 0 Å². The van der Waals surface area contributed by atoms with E-state index in [0.717, 1.165) is 25.0 Å².